The SMILES string of the molecule is COC(=O)C1CN(Cc2ccnc(NN)c2)CC1C. The lowest BCUT2D eigenvalue weighted by atomic mass is 9.99. The number of carbonyl (C=O) groups excluding carboxylic acids is 1. The Labute approximate surface area is 112 Å². The van der Waals surface area contributed by atoms with Crippen molar-refractivity contribution in [3.63, 3.8) is 0 Å². The Hall–Kier alpha value is -1.66. The molecule has 104 valence electrons. The standard InChI is InChI=1S/C13H20N4O2/c1-9-6-17(8-11(9)13(18)19-2)7-10-3-4-15-12(5-10)16-14/h3-5,9,11H,6-8,14H2,1-2H3,(H,15,16). The lowest BCUT2D eigenvalue weighted by Crippen LogP contribution is -2.24. The highest BCUT2D eigenvalue weighted by molar-refractivity contribution is 5.73. The lowest BCUT2D eigenvalue weighted by molar-refractivity contribution is -0.146. The van der Waals surface area contributed by atoms with Gasteiger partial charge in [0.15, 0.2) is 0 Å². The monoisotopic (exact) mass is 264 g/mol. The van der Waals surface area contributed by atoms with Crippen molar-refractivity contribution in [2.24, 2.45) is 17.7 Å². The summed E-state index contributed by atoms with van der Waals surface area (Å²) in [7, 11) is 1.44. The van der Waals surface area contributed by atoms with Crippen LogP contribution in [-0.4, -0.2) is 36.1 Å². The van der Waals surface area contributed by atoms with E-state index in [1.807, 2.05) is 12.1 Å². The number of likely N-dealkylation sites (tertiary alicyclic amines) is 1. The second kappa shape index (κ2) is 5.99. The number of rotatable bonds is 4. The highest BCUT2D eigenvalue weighted by atomic mass is 16.5. The van der Waals surface area contributed by atoms with E-state index in [4.69, 9.17) is 10.6 Å². The minimum absolute atomic E-state index is 0.0288. The molecule has 0 spiro atoms. The zero-order valence-corrected chi connectivity index (χ0v) is 11.3. The molecule has 2 heterocycles. The van der Waals surface area contributed by atoms with E-state index in [-0.39, 0.29) is 11.9 Å². The summed E-state index contributed by atoms with van der Waals surface area (Å²) in [5.74, 6) is 6.16. The maximum Gasteiger partial charge on any atom is 0.310 e. The molecule has 1 fully saturated rings. The molecule has 0 saturated carbocycles. The molecule has 3 N–H and O–H groups in total. The van der Waals surface area contributed by atoms with Gasteiger partial charge in [0.05, 0.1) is 13.0 Å². The number of hydrogen-bond donors (Lipinski definition) is 2. The van der Waals surface area contributed by atoms with Gasteiger partial charge in [-0.2, -0.15) is 0 Å². The molecule has 1 aromatic heterocycles. The number of anilines is 1. The number of nitrogens with one attached hydrogen (secondary N) is 1. The fraction of sp³-hybridized carbons (Fsp3) is 0.538. The van der Waals surface area contributed by atoms with Crippen LogP contribution >= 0.6 is 0 Å². The quantitative estimate of drug-likeness (QED) is 0.471. The summed E-state index contributed by atoms with van der Waals surface area (Å²) in [5.41, 5.74) is 3.66. The average Bonchev–Trinajstić information content (AvgIpc) is 2.79. The first-order chi connectivity index (χ1) is 9.13. The number of hydrazine groups is 1. The van der Waals surface area contributed by atoms with Gasteiger partial charge in [-0.15, -0.1) is 0 Å². The number of ether oxygens (including phenoxy) is 1. The molecule has 0 amide bonds. The average molecular weight is 264 g/mol. The van der Waals surface area contributed by atoms with Crippen molar-refractivity contribution in [3.05, 3.63) is 23.9 Å². The Bertz CT molecular complexity index is 452. The Morgan fingerprint density at radius 1 is 1.63 bits per heavy atom. The summed E-state index contributed by atoms with van der Waals surface area (Å²) in [6.07, 6.45) is 1.72. The number of nitrogen functional groups attached to an aromatic ring is 1. The predicted molar refractivity (Wildman–Crippen MR) is 72.0 cm³/mol. The van der Waals surface area contributed by atoms with E-state index in [1.165, 1.54) is 7.11 Å². The van der Waals surface area contributed by atoms with E-state index in [0.717, 1.165) is 25.2 Å². The van der Waals surface area contributed by atoms with E-state index in [0.29, 0.717) is 11.7 Å². The maximum absolute atomic E-state index is 11.6. The van der Waals surface area contributed by atoms with Gasteiger partial charge in [-0.25, -0.2) is 10.8 Å². The Balaban J connectivity index is 1.99. The van der Waals surface area contributed by atoms with Crippen LogP contribution in [0, 0.1) is 11.8 Å². The molecule has 1 saturated heterocycles. The van der Waals surface area contributed by atoms with E-state index >= 15 is 0 Å². The first kappa shape index (κ1) is 13.8. The van der Waals surface area contributed by atoms with Crippen LogP contribution in [0.4, 0.5) is 5.82 Å². The summed E-state index contributed by atoms with van der Waals surface area (Å²) >= 11 is 0. The second-order valence-corrected chi connectivity index (χ2v) is 4.99. The van der Waals surface area contributed by atoms with Crippen LogP contribution in [0.5, 0.6) is 0 Å². The molecule has 6 heteroatoms. The van der Waals surface area contributed by atoms with Crippen LogP contribution in [0.25, 0.3) is 0 Å². The van der Waals surface area contributed by atoms with E-state index in [2.05, 4.69) is 22.2 Å². The topological polar surface area (TPSA) is 80.5 Å². The number of esters is 1. The largest absolute Gasteiger partial charge is 0.469 e. The molecule has 6 nitrogen and oxygen atoms in total. The number of carbonyl (C=O) groups is 1. The number of methoxy groups -OCH3 is 1. The van der Waals surface area contributed by atoms with Crippen LogP contribution < -0.4 is 11.3 Å². The molecule has 2 rings (SSSR count). The second-order valence-electron chi connectivity index (χ2n) is 4.99. The zero-order chi connectivity index (χ0) is 13.8. The summed E-state index contributed by atoms with van der Waals surface area (Å²) in [4.78, 5) is 18.0. The number of nitrogens with zero attached hydrogens (tertiary/aromatic N) is 2. The van der Waals surface area contributed by atoms with Gasteiger partial charge in [-0.1, -0.05) is 6.92 Å². The number of hydrogen-bond acceptors (Lipinski definition) is 6. The third-order valence-corrected chi connectivity index (χ3v) is 3.57. The van der Waals surface area contributed by atoms with Crippen molar-refractivity contribution in [2.75, 3.05) is 25.6 Å². The molecule has 2 unspecified atom stereocenters. The van der Waals surface area contributed by atoms with Crippen molar-refractivity contribution in [2.45, 2.75) is 13.5 Å². The third-order valence-electron chi connectivity index (χ3n) is 3.57. The van der Waals surface area contributed by atoms with Gasteiger partial charge in [0.1, 0.15) is 5.82 Å². The van der Waals surface area contributed by atoms with E-state index in [9.17, 15) is 4.79 Å². The predicted octanol–water partition coefficient (Wildman–Crippen LogP) is 0.608. The first-order valence-electron chi connectivity index (χ1n) is 6.35. The van der Waals surface area contributed by atoms with Crippen LogP contribution in [0.1, 0.15) is 12.5 Å². The molecule has 1 aliphatic heterocycles. The summed E-state index contributed by atoms with van der Waals surface area (Å²) in [6, 6.07) is 3.87. The van der Waals surface area contributed by atoms with E-state index in [1.54, 1.807) is 6.20 Å². The summed E-state index contributed by atoms with van der Waals surface area (Å²) in [5, 5.41) is 0. The van der Waals surface area contributed by atoms with Crippen molar-refractivity contribution in [1.82, 2.24) is 9.88 Å². The highest BCUT2D eigenvalue weighted by Crippen LogP contribution is 2.25. The van der Waals surface area contributed by atoms with Gasteiger partial charge in [-0.3, -0.25) is 9.69 Å². The molecule has 0 aromatic carbocycles. The van der Waals surface area contributed by atoms with E-state index < -0.39 is 0 Å². The van der Waals surface area contributed by atoms with Crippen molar-refractivity contribution < 1.29 is 9.53 Å². The minimum Gasteiger partial charge on any atom is -0.469 e. The van der Waals surface area contributed by atoms with Crippen LogP contribution in [0.15, 0.2) is 18.3 Å². The number of aromatic nitrogens is 1. The molecular weight excluding hydrogens is 244 g/mol. The molecule has 1 aromatic rings. The lowest BCUT2D eigenvalue weighted by Gasteiger charge is -2.15. The van der Waals surface area contributed by atoms with Gasteiger partial charge in [0, 0.05) is 25.8 Å². The molecular formula is C13H20N4O2. The van der Waals surface area contributed by atoms with Crippen molar-refractivity contribution >= 4 is 11.8 Å². The van der Waals surface area contributed by atoms with Gasteiger partial charge in [0.25, 0.3) is 0 Å². The number of pyridine rings is 1. The first-order valence-corrected chi connectivity index (χ1v) is 6.35. The summed E-state index contributed by atoms with van der Waals surface area (Å²) in [6.45, 7) is 4.51. The van der Waals surface area contributed by atoms with Crippen molar-refractivity contribution in [3.8, 4) is 0 Å². The van der Waals surface area contributed by atoms with Gasteiger partial charge < -0.3 is 10.2 Å². The molecule has 2 atom stereocenters. The molecule has 0 bridgehead atoms. The molecule has 0 radical (unpaired) electrons. The Morgan fingerprint density at radius 3 is 3.11 bits per heavy atom. The molecule has 0 aliphatic carbocycles. The Kier molecular flexibility index (Phi) is 4.34. The van der Waals surface area contributed by atoms with Gasteiger partial charge in [-0.05, 0) is 23.6 Å². The zero-order valence-electron chi connectivity index (χ0n) is 11.3. The normalized spacial score (nSPS) is 23.3. The Morgan fingerprint density at radius 2 is 2.42 bits per heavy atom. The number of nitrogens with two attached hydrogens (primary N) is 1. The molecule has 1 aliphatic rings. The maximum atomic E-state index is 11.6. The van der Waals surface area contributed by atoms with Crippen LogP contribution in [-0.2, 0) is 16.1 Å². The minimum atomic E-state index is -0.117. The van der Waals surface area contributed by atoms with Crippen molar-refractivity contribution in [1.29, 1.82) is 0 Å². The fourth-order valence-electron chi connectivity index (χ4n) is 2.56. The highest BCUT2D eigenvalue weighted by Gasteiger charge is 2.35. The smallest absolute Gasteiger partial charge is 0.310 e. The molecule has 19 heavy (non-hydrogen) atoms. The van der Waals surface area contributed by atoms with Crippen LogP contribution in [0.2, 0.25) is 0 Å². The van der Waals surface area contributed by atoms with Gasteiger partial charge >= 0.3 is 5.97 Å². The third kappa shape index (κ3) is 3.21. The van der Waals surface area contributed by atoms with Gasteiger partial charge in [0.2, 0.25) is 0 Å². The summed E-state index contributed by atoms with van der Waals surface area (Å²) < 4.78 is 4.84. The van der Waals surface area contributed by atoms with Crippen LogP contribution in [0.3, 0.4) is 0 Å². The fourth-order valence-corrected chi connectivity index (χ4v) is 2.56.